The Morgan fingerprint density at radius 2 is 1.47 bits per heavy atom. The zero-order valence-electron chi connectivity index (χ0n) is 18.2. The van der Waals surface area contributed by atoms with Gasteiger partial charge in [-0.2, -0.15) is 0 Å². The number of nitrogens with zero attached hydrogens (tertiary/aromatic N) is 2. The minimum Gasteiger partial charge on any atom is -0.378 e. The van der Waals surface area contributed by atoms with Crippen molar-refractivity contribution >= 4 is 34.8 Å². The topological polar surface area (TPSA) is 30.5 Å². The first-order valence-electron chi connectivity index (χ1n) is 10.5. The predicted octanol–water partition coefficient (Wildman–Crippen LogP) is 4.86. The van der Waals surface area contributed by atoms with Gasteiger partial charge in [-0.25, -0.2) is 0 Å². The Bertz CT molecular complexity index is 985. The van der Waals surface area contributed by atoms with E-state index >= 15 is 0 Å². The van der Waals surface area contributed by atoms with Crippen LogP contribution in [0.1, 0.15) is 36.4 Å². The molecule has 1 aliphatic carbocycles. The number of rotatable bonds is 4. The lowest BCUT2D eigenvalue weighted by Crippen LogP contribution is -2.45. The standard InChI is InChI=1S/C25H30N4S/c1-28(2)20-12-8-17(9-13-20)16-19-6-5-7-22-23(26-25(30)27-24(19)22)18-10-14-21(15-11-18)29(3)4/h8-16,23H,5-7H2,1-4H3,(H2,26,27,30)/t23-/m0/s1. The lowest BCUT2D eigenvalue weighted by molar-refractivity contribution is 0.609. The normalized spacial score (nSPS) is 19.8. The largest absolute Gasteiger partial charge is 0.378 e. The quantitative estimate of drug-likeness (QED) is 0.693. The van der Waals surface area contributed by atoms with Crippen molar-refractivity contribution < 1.29 is 0 Å². The van der Waals surface area contributed by atoms with Gasteiger partial charge in [-0.05, 0) is 84.1 Å². The zero-order valence-corrected chi connectivity index (χ0v) is 19.0. The third kappa shape index (κ3) is 4.21. The minimum atomic E-state index is 0.129. The van der Waals surface area contributed by atoms with Crippen molar-refractivity contribution in [2.75, 3.05) is 38.0 Å². The fourth-order valence-electron chi connectivity index (χ4n) is 4.21. The van der Waals surface area contributed by atoms with E-state index in [1.54, 1.807) is 0 Å². The van der Waals surface area contributed by atoms with Crippen molar-refractivity contribution in [3.05, 3.63) is 76.5 Å². The summed E-state index contributed by atoms with van der Waals surface area (Å²) in [5, 5.41) is 7.66. The van der Waals surface area contributed by atoms with E-state index in [9.17, 15) is 0 Å². The number of benzene rings is 2. The molecule has 5 heteroatoms. The second kappa shape index (κ2) is 8.52. The third-order valence-electron chi connectivity index (χ3n) is 5.89. The zero-order chi connectivity index (χ0) is 21.3. The van der Waals surface area contributed by atoms with Crippen molar-refractivity contribution in [2.24, 2.45) is 0 Å². The molecule has 1 atom stereocenters. The summed E-state index contributed by atoms with van der Waals surface area (Å²) in [6.45, 7) is 0. The second-order valence-corrected chi connectivity index (χ2v) is 8.84. The summed E-state index contributed by atoms with van der Waals surface area (Å²) in [6.07, 6.45) is 5.61. The molecule has 0 saturated heterocycles. The summed E-state index contributed by atoms with van der Waals surface area (Å²) in [6, 6.07) is 17.6. The molecule has 2 N–H and O–H groups in total. The monoisotopic (exact) mass is 418 g/mol. The SMILES string of the molecule is CN(C)c1ccc(C=C2CCCC3=C2NC(=S)N[C@H]3c2ccc(N(C)C)cc2)cc1. The molecule has 2 aromatic rings. The van der Waals surface area contributed by atoms with E-state index in [0.717, 1.165) is 19.3 Å². The molecule has 156 valence electrons. The molecule has 0 aromatic heterocycles. The molecule has 0 fully saturated rings. The highest BCUT2D eigenvalue weighted by Gasteiger charge is 2.30. The Hall–Kier alpha value is -2.79. The Labute approximate surface area is 185 Å². The van der Waals surface area contributed by atoms with E-state index in [1.165, 1.54) is 39.3 Å². The Morgan fingerprint density at radius 1 is 0.867 bits per heavy atom. The fraction of sp³-hybridized carbons (Fsp3) is 0.320. The number of nitrogens with one attached hydrogen (secondary N) is 2. The van der Waals surface area contributed by atoms with Gasteiger partial charge in [0.05, 0.1) is 6.04 Å². The van der Waals surface area contributed by atoms with Gasteiger partial charge < -0.3 is 20.4 Å². The molecule has 0 spiro atoms. The van der Waals surface area contributed by atoms with Crippen molar-refractivity contribution in [3.8, 4) is 0 Å². The number of allylic oxidation sites excluding steroid dienone is 1. The van der Waals surface area contributed by atoms with E-state index in [-0.39, 0.29) is 6.04 Å². The van der Waals surface area contributed by atoms with E-state index in [4.69, 9.17) is 12.2 Å². The minimum absolute atomic E-state index is 0.129. The third-order valence-corrected chi connectivity index (χ3v) is 6.11. The maximum atomic E-state index is 5.58. The molecule has 0 saturated carbocycles. The molecule has 1 heterocycles. The van der Waals surface area contributed by atoms with Crippen LogP contribution in [-0.4, -0.2) is 33.3 Å². The Balaban J connectivity index is 1.68. The van der Waals surface area contributed by atoms with Crippen molar-refractivity contribution in [2.45, 2.75) is 25.3 Å². The van der Waals surface area contributed by atoms with Crippen molar-refractivity contribution in [1.82, 2.24) is 10.6 Å². The van der Waals surface area contributed by atoms with Crippen LogP contribution in [0.2, 0.25) is 0 Å². The highest BCUT2D eigenvalue weighted by molar-refractivity contribution is 7.80. The molecule has 1 aliphatic heterocycles. The molecular formula is C25H30N4S. The molecule has 0 unspecified atom stereocenters. The van der Waals surface area contributed by atoms with Gasteiger partial charge in [0.25, 0.3) is 0 Å². The van der Waals surface area contributed by atoms with Gasteiger partial charge in [0.1, 0.15) is 0 Å². The molecule has 0 amide bonds. The summed E-state index contributed by atoms with van der Waals surface area (Å²) in [7, 11) is 8.27. The lowest BCUT2D eigenvalue weighted by atomic mass is 9.83. The summed E-state index contributed by atoms with van der Waals surface area (Å²) >= 11 is 5.58. The predicted molar refractivity (Wildman–Crippen MR) is 132 cm³/mol. The first-order valence-corrected chi connectivity index (χ1v) is 10.9. The van der Waals surface area contributed by atoms with E-state index in [2.05, 4.69) is 103 Å². The van der Waals surface area contributed by atoms with Crippen LogP contribution in [0, 0.1) is 0 Å². The summed E-state index contributed by atoms with van der Waals surface area (Å²) in [4.78, 5) is 4.25. The van der Waals surface area contributed by atoms with Gasteiger partial charge in [-0.15, -0.1) is 0 Å². The summed E-state index contributed by atoms with van der Waals surface area (Å²) < 4.78 is 0. The van der Waals surface area contributed by atoms with Crippen LogP contribution in [0.25, 0.3) is 6.08 Å². The van der Waals surface area contributed by atoms with Gasteiger partial charge in [0.2, 0.25) is 0 Å². The summed E-state index contributed by atoms with van der Waals surface area (Å²) in [5.41, 5.74) is 8.86. The molecular weight excluding hydrogens is 388 g/mol. The molecule has 2 aliphatic rings. The molecule has 2 aromatic carbocycles. The smallest absolute Gasteiger partial charge is 0.171 e. The molecule has 30 heavy (non-hydrogen) atoms. The lowest BCUT2D eigenvalue weighted by Gasteiger charge is -2.36. The highest BCUT2D eigenvalue weighted by atomic mass is 32.1. The van der Waals surface area contributed by atoms with Gasteiger partial charge in [0, 0.05) is 45.3 Å². The van der Waals surface area contributed by atoms with E-state index in [1.807, 2.05) is 0 Å². The Morgan fingerprint density at radius 3 is 2.07 bits per heavy atom. The Kier molecular flexibility index (Phi) is 5.82. The summed E-state index contributed by atoms with van der Waals surface area (Å²) in [5.74, 6) is 0. The molecule has 0 radical (unpaired) electrons. The van der Waals surface area contributed by atoms with Crippen LogP contribution in [0.15, 0.2) is 65.4 Å². The van der Waals surface area contributed by atoms with E-state index < -0.39 is 0 Å². The maximum Gasteiger partial charge on any atom is 0.171 e. The molecule has 4 nitrogen and oxygen atoms in total. The number of hydrogen-bond acceptors (Lipinski definition) is 3. The number of anilines is 2. The van der Waals surface area contributed by atoms with Gasteiger partial charge in [0.15, 0.2) is 5.11 Å². The van der Waals surface area contributed by atoms with Crippen LogP contribution in [0.4, 0.5) is 11.4 Å². The van der Waals surface area contributed by atoms with Crippen LogP contribution in [0.3, 0.4) is 0 Å². The average molecular weight is 419 g/mol. The number of thiocarbonyl (C=S) groups is 1. The van der Waals surface area contributed by atoms with Gasteiger partial charge in [-0.3, -0.25) is 0 Å². The highest BCUT2D eigenvalue weighted by Crippen LogP contribution is 2.39. The van der Waals surface area contributed by atoms with E-state index in [0.29, 0.717) is 5.11 Å². The van der Waals surface area contributed by atoms with Crippen LogP contribution < -0.4 is 20.4 Å². The molecule has 4 rings (SSSR count). The number of hydrogen-bond donors (Lipinski definition) is 2. The van der Waals surface area contributed by atoms with Crippen LogP contribution in [0.5, 0.6) is 0 Å². The van der Waals surface area contributed by atoms with Crippen LogP contribution in [-0.2, 0) is 0 Å². The first-order chi connectivity index (χ1) is 14.4. The van der Waals surface area contributed by atoms with Gasteiger partial charge in [-0.1, -0.05) is 24.3 Å². The molecule has 0 bridgehead atoms. The van der Waals surface area contributed by atoms with Crippen molar-refractivity contribution in [3.63, 3.8) is 0 Å². The maximum absolute atomic E-state index is 5.58. The average Bonchev–Trinajstić information content (AvgIpc) is 2.74. The van der Waals surface area contributed by atoms with Gasteiger partial charge >= 0.3 is 0 Å². The van der Waals surface area contributed by atoms with Crippen LogP contribution >= 0.6 is 12.2 Å². The van der Waals surface area contributed by atoms with Crippen molar-refractivity contribution in [1.29, 1.82) is 0 Å². The fourth-order valence-corrected chi connectivity index (χ4v) is 4.43. The first kappa shape index (κ1) is 20.5. The second-order valence-electron chi connectivity index (χ2n) is 8.43.